The van der Waals surface area contributed by atoms with Gasteiger partial charge in [-0.3, -0.25) is 0 Å². The molecule has 4 nitrogen and oxygen atoms in total. The van der Waals surface area contributed by atoms with Crippen molar-refractivity contribution in [1.29, 1.82) is 0 Å². The van der Waals surface area contributed by atoms with Gasteiger partial charge in [0, 0.05) is 31.4 Å². The van der Waals surface area contributed by atoms with Gasteiger partial charge >= 0.3 is 0 Å². The Kier molecular flexibility index (Phi) is 5.00. The second-order valence-electron chi connectivity index (χ2n) is 5.42. The van der Waals surface area contributed by atoms with E-state index in [1.165, 1.54) is 31.2 Å². The van der Waals surface area contributed by atoms with Crippen molar-refractivity contribution < 1.29 is 0 Å². The zero-order chi connectivity index (χ0) is 13.7. The number of hydrogen-bond acceptors (Lipinski definition) is 4. The highest BCUT2D eigenvalue weighted by Gasteiger charge is 2.18. The Labute approximate surface area is 116 Å². The zero-order valence-corrected chi connectivity index (χ0v) is 12.4. The molecule has 1 saturated heterocycles. The van der Waals surface area contributed by atoms with Gasteiger partial charge in [0.2, 0.25) is 5.95 Å². The Balaban J connectivity index is 2.13. The minimum atomic E-state index is 0.749. The first-order chi connectivity index (χ1) is 9.24. The molecule has 1 aliphatic heterocycles. The lowest BCUT2D eigenvalue weighted by molar-refractivity contribution is 0.459. The molecule has 0 bridgehead atoms. The van der Waals surface area contributed by atoms with E-state index in [4.69, 9.17) is 0 Å². The fourth-order valence-corrected chi connectivity index (χ4v) is 2.78. The van der Waals surface area contributed by atoms with Crippen LogP contribution < -0.4 is 10.2 Å². The molecule has 1 unspecified atom stereocenters. The first kappa shape index (κ1) is 14.1. The van der Waals surface area contributed by atoms with E-state index in [9.17, 15) is 0 Å². The summed E-state index contributed by atoms with van der Waals surface area (Å²) in [5.74, 6) is 2.75. The van der Waals surface area contributed by atoms with Crippen LogP contribution in [0.1, 0.15) is 45.1 Å². The Morgan fingerprint density at radius 3 is 2.89 bits per heavy atom. The van der Waals surface area contributed by atoms with Crippen LogP contribution in [-0.4, -0.2) is 29.6 Å². The van der Waals surface area contributed by atoms with Gasteiger partial charge in [0.1, 0.15) is 5.82 Å². The molecule has 1 aliphatic rings. The maximum absolute atomic E-state index is 4.68. The van der Waals surface area contributed by atoms with Crippen molar-refractivity contribution in [3.63, 3.8) is 0 Å². The van der Waals surface area contributed by atoms with E-state index in [1.54, 1.807) is 0 Å². The predicted molar refractivity (Wildman–Crippen MR) is 80.8 cm³/mol. The number of nitrogens with zero attached hydrogens (tertiary/aromatic N) is 3. The van der Waals surface area contributed by atoms with Gasteiger partial charge in [0.25, 0.3) is 0 Å². The molecule has 1 atom stereocenters. The molecular weight excluding hydrogens is 236 g/mol. The Hall–Kier alpha value is -1.32. The summed E-state index contributed by atoms with van der Waals surface area (Å²) in [7, 11) is 0. The smallest absolute Gasteiger partial charge is 0.224 e. The van der Waals surface area contributed by atoms with Crippen molar-refractivity contribution in [2.75, 3.05) is 29.9 Å². The van der Waals surface area contributed by atoms with E-state index in [0.29, 0.717) is 0 Å². The highest BCUT2D eigenvalue weighted by Crippen LogP contribution is 2.25. The van der Waals surface area contributed by atoms with Crippen LogP contribution >= 0.6 is 0 Å². The highest BCUT2D eigenvalue weighted by molar-refractivity contribution is 5.49. The fourth-order valence-electron chi connectivity index (χ4n) is 2.78. The summed E-state index contributed by atoms with van der Waals surface area (Å²) in [6, 6.07) is 0. The van der Waals surface area contributed by atoms with E-state index >= 15 is 0 Å². The number of aryl methyl sites for hydroxylation is 1. The highest BCUT2D eigenvalue weighted by atomic mass is 15.2. The summed E-state index contributed by atoms with van der Waals surface area (Å²) in [6.45, 7) is 9.59. The third kappa shape index (κ3) is 3.58. The van der Waals surface area contributed by atoms with E-state index in [-0.39, 0.29) is 0 Å². The van der Waals surface area contributed by atoms with E-state index in [1.807, 2.05) is 6.20 Å². The maximum atomic E-state index is 4.68. The third-order valence-corrected chi connectivity index (χ3v) is 4.00. The zero-order valence-electron chi connectivity index (χ0n) is 12.4. The second kappa shape index (κ2) is 6.73. The molecule has 19 heavy (non-hydrogen) atoms. The lowest BCUT2D eigenvalue weighted by Gasteiger charge is -2.23. The van der Waals surface area contributed by atoms with E-state index in [2.05, 4.69) is 41.0 Å². The number of anilines is 2. The van der Waals surface area contributed by atoms with Crippen molar-refractivity contribution in [2.45, 2.75) is 46.5 Å². The van der Waals surface area contributed by atoms with Gasteiger partial charge in [-0.25, -0.2) is 4.98 Å². The van der Waals surface area contributed by atoms with Crippen molar-refractivity contribution >= 4 is 11.8 Å². The summed E-state index contributed by atoms with van der Waals surface area (Å²) in [5, 5.41) is 3.20. The van der Waals surface area contributed by atoms with Crippen LogP contribution in [0, 0.1) is 12.8 Å². The minimum absolute atomic E-state index is 0.749. The van der Waals surface area contributed by atoms with Crippen LogP contribution in [0.5, 0.6) is 0 Å². The van der Waals surface area contributed by atoms with Gasteiger partial charge in [-0.1, -0.05) is 13.3 Å². The normalized spacial score (nSPS) is 20.2. The van der Waals surface area contributed by atoms with Gasteiger partial charge in [-0.2, -0.15) is 4.98 Å². The molecule has 4 heteroatoms. The van der Waals surface area contributed by atoms with E-state index in [0.717, 1.165) is 37.3 Å². The van der Waals surface area contributed by atoms with Crippen LogP contribution in [0.2, 0.25) is 0 Å². The summed E-state index contributed by atoms with van der Waals surface area (Å²) in [6.07, 6.45) is 7.16. The summed E-state index contributed by atoms with van der Waals surface area (Å²) in [4.78, 5) is 11.4. The van der Waals surface area contributed by atoms with Crippen molar-refractivity contribution in [2.24, 2.45) is 5.92 Å². The SMILES string of the molecule is CCNc1ncc(C)c(N2CCCC(CC)CC2)n1. The van der Waals surface area contributed by atoms with Crippen molar-refractivity contribution in [1.82, 2.24) is 9.97 Å². The maximum Gasteiger partial charge on any atom is 0.224 e. The molecule has 1 N–H and O–H groups in total. The largest absolute Gasteiger partial charge is 0.356 e. The lowest BCUT2D eigenvalue weighted by atomic mass is 9.98. The Morgan fingerprint density at radius 1 is 1.32 bits per heavy atom. The first-order valence-electron chi connectivity index (χ1n) is 7.57. The van der Waals surface area contributed by atoms with Crippen LogP contribution in [0.4, 0.5) is 11.8 Å². The molecule has 0 saturated carbocycles. The predicted octanol–water partition coefficient (Wildman–Crippen LogP) is 3.23. The Morgan fingerprint density at radius 2 is 2.16 bits per heavy atom. The molecule has 0 radical (unpaired) electrons. The lowest BCUT2D eigenvalue weighted by Crippen LogP contribution is -2.26. The number of aromatic nitrogens is 2. The molecule has 1 aromatic rings. The topological polar surface area (TPSA) is 41.1 Å². The Bertz CT molecular complexity index is 405. The molecule has 0 spiro atoms. The van der Waals surface area contributed by atoms with Crippen LogP contribution in [0.25, 0.3) is 0 Å². The monoisotopic (exact) mass is 262 g/mol. The average molecular weight is 262 g/mol. The van der Waals surface area contributed by atoms with Gasteiger partial charge in [0.05, 0.1) is 0 Å². The average Bonchev–Trinajstić information content (AvgIpc) is 2.66. The number of hydrogen-bond donors (Lipinski definition) is 1. The van der Waals surface area contributed by atoms with Gasteiger partial charge in [0.15, 0.2) is 0 Å². The van der Waals surface area contributed by atoms with E-state index < -0.39 is 0 Å². The number of rotatable bonds is 4. The van der Waals surface area contributed by atoms with Gasteiger partial charge in [-0.15, -0.1) is 0 Å². The fraction of sp³-hybridized carbons (Fsp3) is 0.733. The third-order valence-electron chi connectivity index (χ3n) is 4.00. The first-order valence-corrected chi connectivity index (χ1v) is 7.57. The molecule has 1 fully saturated rings. The summed E-state index contributed by atoms with van der Waals surface area (Å²) in [5.41, 5.74) is 1.18. The number of nitrogens with one attached hydrogen (secondary N) is 1. The van der Waals surface area contributed by atoms with Gasteiger partial charge in [-0.05, 0) is 39.0 Å². The molecule has 1 aromatic heterocycles. The van der Waals surface area contributed by atoms with Crippen molar-refractivity contribution in [3.8, 4) is 0 Å². The minimum Gasteiger partial charge on any atom is -0.356 e. The van der Waals surface area contributed by atoms with Crippen molar-refractivity contribution in [3.05, 3.63) is 11.8 Å². The second-order valence-corrected chi connectivity index (χ2v) is 5.42. The standard InChI is InChI=1S/C15H26N4/c1-4-13-7-6-9-19(10-8-13)14-12(3)11-17-15(18-14)16-5-2/h11,13H,4-10H2,1-3H3,(H,16,17,18). The molecule has 2 heterocycles. The molecule has 0 aromatic carbocycles. The van der Waals surface area contributed by atoms with Gasteiger partial charge < -0.3 is 10.2 Å². The quantitative estimate of drug-likeness (QED) is 0.904. The molecule has 0 amide bonds. The molecule has 2 rings (SSSR count). The molecule has 0 aliphatic carbocycles. The van der Waals surface area contributed by atoms with Crippen LogP contribution in [-0.2, 0) is 0 Å². The summed E-state index contributed by atoms with van der Waals surface area (Å²) < 4.78 is 0. The van der Waals surface area contributed by atoms with Crippen LogP contribution in [0.15, 0.2) is 6.20 Å². The summed E-state index contributed by atoms with van der Waals surface area (Å²) >= 11 is 0. The van der Waals surface area contributed by atoms with Crippen LogP contribution in [0.3, 0.4) is 0 Å². The molecular formula is C15H26N4. The molecule has 106 valence electrons.